The van der Waals surface area contributed by atoms with Gasteiger partial charge < -0.3 is 9.47 Å². The lowest BCUT2D eigenvalue weighted by atomic mass is 10.2. The van der Waals surface area contributed by atoms with Crippen molar-refractivity contribution in [2.75, 3.05) is 18.5 Å². The fraction of sp³-hybridized carbons (Fsp3) is 0.111. The van der Waals surface area contributed by atoms with Crippen molar-refractivity contribution in [1.29, 1.82) is 0 Å². The van der Waals surface area contributed by atoms with Crippen LogP contribution in [0.15, 0.2) is 42.5 Å². The Morgan fingerprint density at radius 3 is 2.59 bits per heavy atom. The van der Waals surface area contributed by atoms with Crippen LogP contribution in [0, 0.1) is 10.1 Å². The molecule has 0 spiro atoms. The Kier molecular flexibility index (Phi) is 4.43. The number of anilines is 1. The third-order valence-corrected chi connectivity index (χ3v) is 4.75. The Morgan fingerprint density at radius 2 is 1.89 bits per heavy atom. The van der Waals surface area contributed by atoms with E-state index < -0.39 is 4.92 Å². The molecular formula is C18H13N3O5S. The fourth-order valence-electron chi connectivity index (χ4n) is 2.54. The van der Waals surface area contributed by atoms with Crippen molar-refractivity contribution >= 4 is 44.4 Å². The number of hydrogen-bond donors (Lipinski definition) is 1. The molecule has 9 heteroatoms. The first kappa shape index (κ1) is 17.0. The SMILES string of the molecule is O=C(/C=C\c1ccc([N+](=O)[O-])cc1)Nc1nc2cc3c(cc2s1)OCCO3. The zero-order valence-electron chi connectivity index (χ0n) is 13.9. The summed E-state index contributed by atoms with van der Waals surface area (Å²) in [5.74, 6) is 0.980. The van der Waals surface area contributed by atoms with Crippen LogP contribution in [0.2, 0.25) is 0 Å². The van der Waals surface area contributed by atoms with Crippen molar-refractivity contribution in [3.8, 4) is 11.5 Å². The highest BCUT2D eigenvalue weighted by Crippen LogP contribution is 2.37. The molecule has 3 aromatic rings. The molecule has 4 rings (SSSR count). The average Bonchev–Trinajstić information content (AvgIpc) is 3.05. The van der Waals surface area contributed by atoms with E-state index in [1.807, 2.05) is 6.07 Å². The molecule has 0 radical (unpaired) electrons. The van der Waals surface area contributed by atoms with Gasteiger partial charge in [-0.2, -0.15) is 0 Å². The van der Waals surface area contributed by atoms with Crippen molar-refractivity contribution in [2.24, 2.45) is 0 Å². The van der Waals surface area contributed by atoms with Gasteiger partial charge in [-0.15, -0.1) is 0 Å². The number of carbonyl (C=O) groups excluding carboxylic acids is 1. The molecular weight excluding hydrogens is 370 g/mol. The number of benzene rings is 2. The van der Waals surface area contributed by atoms with Gasteiger partial charge in [0, 0.05) is 30.3 Å². The van der Waals surface area contributed by atoms with Crippen LogP contribution in [0.1, 0.15) is 5.56 Å². The molecule has 0 atom stereocenters. The maximum atomic E-state index is 12.1. The highest BCUT2D eigenvalue weighted by molar-refractivity contribution is 7.22. The third-order valence-electron chi connectivity index (χ3n) is 3.81. The van der Waals surface area contributed by atoms with Crippen LogP contribution in [-0.4, -0.2) is 29.0 Å². The van der Waals surface area contributed by atoms with E-state index >= 15 is 0 Å². The molecule has 1 aliphatic heterocycles. The Labute approximate surface area is 157 Å². The van der Waals surface area contributed by atoms with Gasteiger partial charge in [0.05, 0.1) is 15.1 Å². The van der Waals surface area contributed by atoms with Gasteiger partial charge in [0.25, 0.3) is 5.69 Å². The summed E-state index contributed by atoms with van der Waals surface area (Å²) in [4.78, 5) is 26.7. The first-order valence-corrected chi connectivity index (χ1v) is 8.84. The van der Waals surface area contributed by atoms with Crippen molar-refractivity contribution in [3.05, 3.63) is 58.2 Å². The number of aromatic nitrogens is 1. The highest BCUT2D eigenvalue weighted by Gasteiger charge is 2.15. The Hall–Kier alpha value is -3.46. The molecule has 0 saturated carbocycles. The molecule has 0 unspecified atom stereocenters. The van der Waals surface area contributed by atoms with Gasteiger partial charge in [0.1, 0.15) is 13.2 Å². The van der Waals surface area contributed by atoms with Crippen LogP contribution in [-0.2, 0) is 4.79 Å². The van der Waals surface area contributed by atoms with E-state index in [-0.39, 0.29) is 11.6 Å². The van der Waals surface area contributed by atoms with E-state index in [2.05, 4.69) is 10.3 Å². The van der Waals surface area contributed by atoms with Crippen LogP contribution in [0.25, 0.3) is 16.3 Å². The number of non-ortho nitro benzene ring substituents is 1. The summed E-state index contributed by atoms with van der Waals surface area (Å²) in [6, 6.07) is 9.56. The highest BCUT2D eigenvalue weighted by atomic mass is 32.1. The fourth-order valence-corrected chi connectivity index (χ4v) is 3.42. The topological polar surface area (TPSA) is 104 Å². The Morgan fingerprint density at radius 1 is 1.19 bits per heavy atom. The third kappa shape index (κ3) is 3.72. The van der Waals surface area contributed by atoms with E-state index in [1.165, 1.54) is 29.5 Å². The minimum atomic E-state index is -0.471. The number of carbonyl (C=O) groups is 1. The predicted octanol–water partition coefficient (Wildman–Crippen LogP) is 3.63. The Balaban J connectivity index is 1.46. The van der Waals surface area contributed by atoms with E-state index in [0.29, 0.717) is 35.4 Å². The van der Waals surface area contributed by atoms with Crippen molar-refractivity contribution in [1.82, 2.24) is 4.98 Å². The minimum absolute atomic E-state index is 0.00161. The van der Waals surface area contributed by atoms with Gasteiger partial charge in [-0.25, -0.2) is 4.98 Å². The first-order chi connectivity index (χ1) is 13.1. The molecule has 0 aliphatic carbocycles. The number of amides is 1. The molecule has 2 aromatic carbocycles. The second-order valence-corrected chi connectivity index (χ2v) is 6.68. The van der Waals surface area contributed by atoms with E-state index in [4.69, 9.17) is 9.47 Å². The van der Waals surface area contributed by atoms with Gasteiger partial charge >= 0.3 is 0 Å². The molecule has 136 valence electrons. The zero-order chi connectivity index (χ0) is 18.8. The lowest BCUT2D eigenvalue weighted by molar-refractivity contribution is -0.384. The number of ether oxygens (including phenoxy) is 2. The van der Waals surface area contributed by atoms with E-state index in [9.17, 15) is 14.9 Å². The number of nitrogens with one attached hydrogen (secondary N) is 1. The molecule has 1 N–H and O–H groups in total. The number of thiazole rings is 1. The van der Waals surface area contributed by atoms with Crippen LogP contribution >= 0.6 is 11.3 Å². The van der Waals surface area contributed by atoms with Crippen LogP contribution in [0.4, 0.5) is 10.8 Å². The minimum Gasteiger partial charge on any atom is -0.486 e. The molecule has 0 saturated heterocycles. The normalized spacial score (nSPS) is 13.0. The van der Waals surface area contributed by atoms with Gasteiger partial charge in [-0.3, -0.25) is 20.2 Å². The summed E-state index contributed by atoms with van der Waals surface area (Å²) in [6.45, 7) is 1.01. The monoisotopic (exact) mass is 383 g/mol. The number of nitro groups is 1. The standard InChI is InChI=1S/C18H13N3O5S/c22-17(6-3-11-1-4-12(5-2-11)21(23)24)20-18-19-13-9-14-15(10-16(13)27-18)26-8-7-25-14/h1-6,9-10H,7-8H2,(H,19,20,22)/b6-3-. The predicted molar refractivity (Wildman–Crippen MR) is 101 cm³/mol. The van der Waals surface area contributed by atoms with Crippen molar-refractivity contribution in [2.45, 2.75) is 0 Å². The van der Waals surface area contributed by atoms with Crippen LogP contribution in [0.5, 0.6) is 11.5 Å². The smallest absolute Gasteiger partial charge is 0.269 e. The molecule has 8 nitrogen and oxygen atoms in total. The van der Waals surface area contributed by atoms with Gasteiger partial charge in [-0.1, -0.05) is 11.3 Å². The first-order valence-electron chi connectivity index (χ1n) is 8.02. The quantitative estimate of drug-likeness (QED) is 0.419. The summed E-state index contributed by atoms with van der Waals surface area (Å²) >= 11 is 1.34. The molecule has 0 bridgehead atoms. The summed E-state index contributed by atoms with van der Waals surface area (Å²) in [6.07, 6.45) is 2.93. The molecule has 1 aromatic heterocycles. The summed E-state index contributed by atoms with van der Waals surface area (Å²) in [5.41, 5.74) is 1.41. The maximum absolute atomic E-state index is 12.1. The second-order valence-electron chi connectivity index (χ2n) is 5.65. The van der Waals surface area contributed by atoms with Gasteiger partial charge in [-0.05, 0) is 23.8 Å². The molecule has 1 aliphatic rings. The molecule has 27 heavy (non-hydrogen) atoms. The number of nitrogens with zero attached hydrogens (tertiary/aromatic N) is 2. The number of nitro benzene ring substituents is 1. The molecule has 0 fully saturated rings. The molecule has 2 heterocycles. The van der Waals surface area contributed by atoms with E-state index in [0.717, 1.165) is 10.2 Å². The molecule has 1 amide bonds. The number of hydrogen-bond acceptors (Lipinski definition) is 7. The lowest BCUT2D eigenvalue weighted by Gasteiger charge is -2.17. The summed E-state index contributed by atoms with van der Waals surface area (Å²) in [7, 11) is 0. The Bertz CT molecular complexity index is 1020. The summed E-state index contributed by atoms with van der Waals surface area (Å²) in [5, 5.41) is 13.8. The second kappa shape index (κ2) is 7.04. The van der Waals surface area contributed by atoms with Gasteiger partial charge in [0.2, 0.25) is 5.91 Å². The largest absolute Gasteiger partial charge is 0.486 e. The van der Waals surface area contributed by atoms with E-state index in [1.54, 1.807) is 24.3 Å². The van der Waals surface area contributed by atoms with Crippen molar-refractivity contribution in [3.63, 3.8) is 0 Å². The lowest BCUT2D eigenvalue weighted by Crippen LogP contribution is -2.15. The van der Waals surface area contributed by atoms with Crippen molar-refractivity contribution < 1.29 is 19.2 Å². The average molecular weight is 383 g/mol. The summed E-state index contributed by atoms with van der Waals surface area (Å²) < 4.78 is 12.0. The van der Waals surface area contributed by atoms with Crippen LogP contribution in [0.3, 0.4) is 0 Å². The van der Waals surface area contributed by atoms with Crippen LogP contribution < -0.4 is 14.8 Å². The number of fused-ring (bicyclic) bond motifs is 2. The maximum Gasteiger partial charge on any atom is 0.269 e. The number of rotatable bonds is 4. The zero-order valence-corrected chi connectivity index (χ0v) is 14.7. The van der Waals surface area contributed by atoms with Gasteiger partial charge in [0.15, 0.2) is 16.6 Å².